The number of benzene rings is 1. The molecule has 3 nitrogen and oxygen atoms in total. The van der Waals surface area contributed by atoms with E-state index in [0.717, 1.165) is 25.1 Å². The van der Waals surface area contributed by atoms with Crippen LogP contribution in [0.3, 0.4) is 0 Å². The number of ketones is 1. The fraction of sp³-hybridized carbons (Fsp3) is 0.696. The Bertz CT molecular complexity index is 577. The van der Waals surface area contributed by atoms with E-state index in [0.29, 0.717) is 0 Å². The first kappa shape index (κ1) is 22.9. The first-order chi connectivity index (χ1) is 11.8. The minimum Gasteiger partial charge on any atom is -0.379 e. The molecule has 0 aliphatic carbocycles. The lowest BCUT2D eigenvalue weighted by atomic mass is 9.72. The molecule has 0 atom stereocenters. The van der Waals surface area contributed by atoms with Crippen molar-refractivity contribution in [2.24, 2.45) is 10.8 Å². The third-order valence-electron chi connectivity index (χ3n) is 5.50. The number of hydrogen-bond donors (Lipinski definition) is 1. The SMILES string of the molecule is CC(C)OCCC(C)(C)C(C)(C)NCc1ccc(C(=O)C(C)(C)C)cc1. The van der Waals surface area contributed by atoms with E-state index >= 15 is 0 Å². The number of carbonyl (C=O) groups excluding carboxylic acids is 1. The minimum atomic E-state index is -0.343. The summed E-state index contributed by atoms with van der Waals surface area (Å²) in [4.78, 5) is 12.3. The Morgan fingerprint density at radius 1 is 1.00 bits per heavy atom. The Morgan fingerprint density at radius 3 is 2.00 bits per heavy atom. The molecule has 1 aromatic carbocycles. The summed E-state index contributed by atoms with van der Waals surface area (Å²) >= 11 is 0. The highest BCUT2D eigenvalue weighted by Gasteiger charge is 2.36. The molecule has 0 bridgehead atoms. The van der Waals surface area contributed by atoms with Gasteiger partial charge in [0.1, 0.15) is 0 Å². The van der Waals surface area contributed by atoms with Crippen LogP contribution in [0.25, 0.3) is 0 Å². The van der Waals surface area contributed by atoms with Gasteiger partial charge in [0.05, 0.1) is 6.10 Å². The van der Waals surface area contributed by atoms with Gasteiger partial charge in [-0.1, -0.05) is 58.9 Å². The monoisotopic (exact) mass is 361 g/mol. The lowest BCUT2D eigenvalue weighted by molar-refractivity contribution is 0.0342. The molecule has 0 spiro atoms. The van der Waals surface area contributed by atoms with Crippen molar-refractivity contribution in [3.05, 3.63) is 35.4 Å². The Hall–Kier alpha value is -1.19. The summed E-state index contributed by atoms with van der Waals surface area (Å²) in [6, 6.07) is 7.99. The first-order valence-electron chi connectivity index (χ1n) is 9.77. The summed E-state index contributed by atoms with van der Waals surface area (Å²) in [6.45, 7) is 20.7. The van der Waals surface area contributed by atoms with Gasteiger partial charge in [0.2, 0.25) is 0 Å². The zero-order valence-corrected chi connectivity index (χ0v) is 18.3. The van der Waals surface area contributed by atoms with Crippen molar-refractivity contribution in [3.8, 4) is 0 Å². The maximum atomic E-state index is 12.3. The fourth-order valence-electron chi connectivity index (χ4n) is 2.63. The molecule has 0 saturated heterocycles. The van der Waals surface area contributed by atoms with Crippen LogP contribution in [-0.4, -0.2) is 24.0 Å². The molecule has 1 N–H and O–H groups in total. The summed E-state index contributed by atoms with van der Waals surface area (Å²) < 4.78 is 5.74. The quantitative estimate of drug-likeness (QED) is 0.580. The van der Waals surface area contributed by atoms with Gasteiger partial charge in [-0.25, -0.2) is 0 Å². The molecule has 1 aromatic rings. The summed E-state index contributed by atoms with van der Waals surface area (Å²) in [5, 5.41) is 3.69. The molecule has 3 heteroatoms. The average Bonchev–Trinajstić information content (AvgIpc) is 2.51. The number of hydrogen-bond acceptors (Lipinski definition) is 3. The van der Waals surface area contributed by atoms with Crippen molar-refractivity contribution in [3.63, 3.8) is 0 Å². The molecule has 0 amide bonds. The summed E-state index contributed by atoms with van der Waals surface area (Å²) in [5.41, 5.74) is 1.70. The lowest BCUT2D eigenvalue weighted by Gasteiger charge is -2.43. The first-order valence-corrected chi connectivity index (χ1v) is 9.77. The van der Waals surface area contributed by atoms with Crippen LogP contribution in [0.15, 0.2) is 24.3 Å². The van der Waals surface area contributed by atoms with Crippen molar-refractivity contribution in [2.45, 2.75) is 86.9 Å². The Balaban J connectivity index is 2.68. The highest BCUT2D eigenvalue weighted by molar-refractivity contribution is 5.99. The second-order valence-corrected chi connectivity index (χ2v) is 9.81. The second-order valence-electron chi connectivity index (χ2n) is 9.81. The molecule has 0 aromatic heterocycles. The maximum Gasteiger partial charge on any atom is 0.168 e. The summed E-state index contributed by atoms with van der Waals surface area (Å²) in [6.07, 6.45) is 1.28. The number of Topliss-reactive ketones (excluding diaryl/α,β-unsaturated/α-hetero) is 1. The predicted molar refractivity (Wildman–Crippen MR) is 111 cm³/mol. The highest BCUT2D eigenvalue weighted by atomic mass is 16.5. The Morgan fingerprint density at radius 2 is 1.54 bits per heavy atom. The van der Waals surface area contributed by atoms with E-state index in [4.69, 9.17) is 4.74 Å². The van der Waals surface area contributed by atoms with Crippen molar-refractivity contribution in [2.75, 3.05) is 6.61 Å². The van der Waals surface area contributed by atoms with Gasteiger partial charge in [0, 0.05) is 29.7 Å². The molecule has 26 heavy (non-hydrogen) atoms. The Labute approximate surface area is 160 Å². The van der Waals surface area contributed by atoms with Crippen LogP contribution in [-0.2, 0) is 11.3 Å². The second kappa shape index (κ2) is 8.67. The van der Waals surface area contributed by atoms with E-state index in [9.17, 15) is 4.79 Å². The maximum absolute atomic E-state index is 12.3. The van der Waals surface area contributed by atoms with Gasteiger partial charge in [-0.2, -0.15) is 0 Å². The molecule has 0 aliphatic rings. The van der Waals surface area contributed by atoms with Crippen LogP contribution < -0.4 is 5.32 Å². The fourth-order valence-corrected chi connectivity index (χ4v) is 2.63. The summed E-state index contributed by atoms with van der Waals surface area (Å²) in [7, 11) is 0. The summed E-state index contributed by atoms with van der Waals surface area (Å²) in [5.74, 6) is 0.184. The topological polar surface area (TPSA) is 38.3 Å². The Kier molecular flexibility index (Phi) is 7.62. The minimum absolute atomic E-state index is 0.0345. The third kappa shape index (κ3) is 6.51. The van der Waals surface area contributed by atoms with Gasteiger partial charge < -0.3 is 10.1 Å². The number of ether oxygens (including phenoxy) is 1. The zero-order valence-electron chi connectivity index (χ0n) is 18.3. The largest absolute Gasteiger partial charge is 0.379 e. The highest BCUT2D eigenvalue weighted by Crippen LogP contribution is 2.34. The van der Waals surface area contributed by atoms with Gasteiger partial charge >= 0.3 is 0 Å². The van der Waals surface area contributed by atoms with E-state index in [1.807, 2.05) is 32.9 Å². The molecule has 148 valence electrons. The molecule has 0 aliphatic heterocycles. The third-order valence-corrected chi connectivity index (χ3v) is 5.50. The van der Waals surface area contributed by atoms with Crippen molar-refractivity contribution < 1.29 is 9.53 Å². The van der Waals surface area contributed by atoms with E-state index in [1.165, 1.54) is 5.56 Å². The van der Waals surface area contributed by atoms with E-state index in [2.05, 4.69) is 59.0 Å². The van der Waals surface area contributed by atoms with Gasteiger partial charge in [0.15, 0.2) is 5.78 Å². The van der Waals surface area contributed by atoms with E-state index < -0.39 is 0 Å². The average molecular weight is 362 g/mol. The molecular weight excluding hydrogens is 322 g/mol. The molecule has 0 heterocycles. The van der Waals surface area contributed by atoms with Gasteiger partial charge in [-0.05, 0) is 45.1 Å². The van der Waals surface area contributed by atoms with Crippen LogP contribution in [0.4, 0.5) is 0 Å². The molecule has 0 saturated carbocycles. The van der Waals surface area contributed by atoms with Crippen molar-refractivity contribution in [1.82, 2.24) is 5.32 Å². The lowest BCUT2D eigenvalue weighted by Crippen LogP contribution is -2.51. The van der Waals surface area contributed by atoms with Crippen molar-refractivity contribution in [1.29, 1.82) is 0 Å². The van der Waals surface area contributed by atoms with Crippen molar-refractivity contribution >= 4 is 5.78 Å². The molecule has 0 radical (unpaired) electrons. The normalized spacial score (nSPS) is 13.3. The van der Waals surface area contributed by atoms with Crippen LogP contribution in [0.2, 0.25) is 0 Å². The van der Waals surface area contributed by atoms with Crippen LogP contribution >= 0.6 is 0 Å². The molecule has 0 unspecified atom stereocenters. The van der Waals surface area contributed by atoms with Gasteiger partial charge in [-0.15, -0.1) is 0 Å². The van der Waals surface area contributed by atoms with E-state index in [-0.39, 0.29) is 28.3 Å². The van der Waals surface area contributed by atoms with Gasteiger partial charge in [0.25, 0.3) is 0 Å². The van der Waals surface area contributed by atoms with E-state index in [1.54, 1.807) is 0 Å². The van der Waals surface area contributed by atoms with Crippen LogP contribution in [0.1, 0.15) is 84.7 Å². The molecular formula is C23H39NO2. The smallest absolute Gasteiger partial charge is 0.168 e. The predicted octanol–water partition coefficient (Wildman–Crippen LogP) is 5.62. The number of rotatable bonds is 9. The van der Waals surface area contributed by atoms with Gasteiger partial charge in [-0.3, -0.25) is 4.79 Å². The standard InChI is InChI=1S/C23H39NO2/c1-17(2)26-15-14-22(6,7)23(8,9)24-16-18-10-12-19(13-11-18)20(25)21(3,4)5/h10-13,17,24H,14-16H2,1-9H3. The number of nitrogens with one attached hydrogen (secondary N) is 1. The number of carbonyl (C=O) groups is 1. The zero-order chi connectivity index (χ0) is 20.2. The van der Waals surface area contributed by atoms with Crippen LogP contribution in [0.5, 0.6) is 0 Å². The molecule has 0 fully saturated rings. The molecule has 1 rings (SSSR count). The van der Waals surface area contributed by atoms with Crippen LogP contribution in [0, 0.1) is 10.8 Å².